The lowest BCUT2D eigenvalue weighted by Gasteiger charge is -2.26. The van der Waals surface area contributed by atoms with Gasteiger partial charge in [0.05, 0.1) is 39.9 Å². The molecule has 2 aromatic rings. The summed E-state index contributed by atoms with van der Waals surface area (Å²) in [5, 5.41) is 0. The predicted molar refractivity (Wildman–Crippen MR) is 186 cm³/mol. The van der Waals surface area contributed by atoms with Gasteiger partial charge in [0.2, 0.25) is 0 Å². The van der Waals surface area contributed by atoms with Gasteiger partial charge in [-0.3, -0.25) is 9.59 Å². The van der Waals surface area contributed by atoms with Crippen molar-refractivity contribution in [1.29, 1.82) is 0 Å². The third-order valence-electron chi connectivity index (χ3n) is 8.44. The van der Waals surface area contributed by atoms with E-state index >= 15 is 0 Å². The molecule has 2 aliphatic rings. The number of carbonyl (C=O) groups is 2. The first-order chi connectivity index (χ1) is 20.0. The molecule has 2 atom stereocenters. The van der Waals surface area contributed by atoms with Crippen LogP contribution in [0.15, 0.2) is 43.0 Å². The topological polar surface area (TPSA) is 40.6 Å². The van der Waals surface area contributed by atoms with Gasteiger partial charge in [0.15, 0.2) is 0 Å². The molecule has 8 heteroatoms. The molecule has 4 heterocycles. The van der Waals surface area contributed by atoms with Crippen LogP contribution in [0.1, 0.15) is 103 Å². The molecule has 0 radical (unpaired) electrons. The summed E-state index contributed by atoms with van der Waals surface area (Å²) in [4.78, 5) is 34.5. The molecular weight excluding hydrogens is 692 g/mol. The van der Waals surface area contributed by atoms with Crippen LogP contribution in [0, 0.1) is 23.7 Å². The largest absolute Gasteiger partial charge is 0.306 e. The summed E-state index contributed by atoms with van der Waals surface area (Å²) in [6.45, 7) is 14.9. The van der Waals surface area contributed by atoms with E-state index in [1.54, 1.807) is 22.7 Å². The predicted octanol–water partition coefficient (Wildman–Crippen LogP) is 10.8. The average molecular weight is 739 g/mol. The fourth-order valence-corrected chi connectivity index (χ4v) is 8.85. The van der Waals surface area contributed by atoms with Gasteiger partial charge in [0.25, 0.3) is 11.8 Å². The van der Waals surface area contributed by atoms with Crippen molar-refractivity contribution in [3.8, 4) is 0 Å². The molecule has 0 spiro atoms. The lowest BCUT2D eigenvalue weighted by atomic mass is 9.97. The molecule has 0 fully saturated rings. The molecule has 0 N–H and O–H groups in total. The van der Waals surface area contributed by atoms with E-state index in [-0.39, 0.29) is 11.8 Å². The Kier molecular flexibility index (Phi) is 12.2. The minimum absolute atomic E-state index is 0.0285. The third kappa shape index (κ3) is 8.08. The second-order valence-electron chi connectivity index (χ2n) is 13.0. The highest BCUT2D eigenvalue weighted by Gasteiger charge is 2.49. The van der Waals surface area contributed by atoms with Crippen molar-refractivity contribution in [2.24, 2.45) is 23.7 Å². The minimum atomic E-state index is -0.0285. The fourth-order valence-electron chi connectivity index (χ4n) is 5.96. The van der Waals surface area contributed by atoms with E-state index in [4.69, 9.17) is 0 Å². The zero-order chi connectivity index (χ0) is 30.6. The van der Waals surface area contributed by atoms with Gasteiger partial charge in [-0.1, -0.05) is 80.1 Å². The molecule has 0 unspecified atom stereocenters. The van der Waals surface area contributed by atoms with E-state index in [1.165, 1.54) is 25.7 Å². The summed E-state index contributed by atoms with van der Waals surface area (Å²) in [6.07, 6.45) is 9.07. The van der Waals surface area contributed by atoms with Crippen LogP contribution in [-0.2, 0) is 9.59 Å². The molecule has 2 aliphatic heterocycles. The summed E-state index contributed by atoms with van der Waals surface area (Å²) in [5.41, 5.74) is 2.78. The summed E-state index contributed by atoms with van der Waals surface area (Å²) in [6, 6.07) is 8.11. The first-order valence-electron chi connectivity index (χ1n) is 15.6. The number of rotatable bonds is 16. The summed E-state index contributed by atoms with van der Waals surface area (Å²) in [5.74, 6) is 2.40. The molecule has 0 saturated carbocycles. The van der Waals surface area contributed by atoms with Crippen LogP contribution >= 0.6 is 54.5 Å². The van der Waals surface area contributed by atoms with Crippen molar-refractivity contribution in [1.82, 2.24) is 9.80 Å². The van der Waals surface area contributed by atoms with Crippen molar-refractivity contribution in [2.45, 2.75) is 92.9 Å². The fraction of sp³-hybridized carbons (Fsp3) is 0.588. The van der Waals surface area contributed by atoms with Crippen molar-refractivity contribution >= 4 is 77.7 Å². The molecule has 230 valence electrons. The van der Waals surface area contributed by atoms with E-state index in [1.807, 2.05) is 34.1 Å². The van der Waals surface area contributed by atoms with Gasteiger partial charge in [-0.05, 0) is 92.6 Å². The number of thiophene rings is 2. The van der Waals surface area contributed by atoms with Crippen LogP contribution in [0.2, 0.25) is 0 Å². The van der Waals surface area contributed by atoms with Crippen LogP contribution in [0.4, 0.5) is 0 Å². The lowest BCUT2D eigenvalue weighted by molar-refractivity contribution is -0.124. The van der Waals surface area contributed by atoms with Gasteiger partial charge in [0, 0.05) is 13.1 Å². The summed E-state index contributed by atoms with van der Waals surface area (Å²) in [7, 11) is 0. The first kappa shape index (κ1) is 33.7. The van der Waals surface area contributed by atoms with Gasteiger partial charge in [0.1, 0.15) is 0 Å². The van der Waals surface area contributed by atoms with E-state index in [0.717, 1.165) is 54.4 Å². The number of hydrogen-bond donors (Lipinski definition) is 0. The molecule has 0 bridgehead atoms. The SMILES string of the molecule is CC(C)CCC[C@H](C)CCN1C(=O)C2=C(c3ccc(Br)s3)N(CC[C@@H](C)CCCC(C)C)C(=O)C2=C1c1ccc(Br)s1. The Hall–Kier alpha value is -1.22. The van der Waals surface area contributed by atoms with Crippen molar-refractivity contribution in [2.75, 3.05) is 13.1 Å². The monoisotopic (exact) mass is 736 g/mol. The minimum Gasteiger partial charge on any atom is -0.306 e. The molecule has 0 aliphatic carbocycles. The van der Waals surface area contributed by atoms with E-state index in [0.29, 0.717) is 47.9 Å². The number of hydrogen-bond acceptors (Lipinski definition) is 4. The normalized spacial score (nSPS) is 17.1. The second kappa shape index (κ2) is 15.2. The smallest absolute Gasteiger partial charge is 0.261 e. The Morgan fingerprint density at radius 3 is 1.29 bits per heavy atom. The average Bonchev–Trinajstić information content (AvgIpc) is 3.66. The standard InChI is InChI=1S/C34H46Br2N2O2S2/c1-21(2)9-7-11-23(5)17-19-37-31(25-13-15-27(35)41-25)29-30(33(37)39)32(26-14-16-28(36)42-26)38(34(29)40)20-18-24(6)12-8-10-22(3)4/h13-16,21-24H,7-12,17-20H2,1-6H3/t23-,24-/m0/s1. The highest BCUT2D eigenvalue weighted by Crippen LogP contribution is 2.49. The van der Waals surface area contributed by atoms with Crippen LogP contribution in [-0.4, -0.2) is 34.7 Å². The van der Waals surface area contributed by atoms with Crippen LogP contribution in [0.5, 0.6) is 0 Å². The number of fused-ring (bicyclic) bond motifs is 1. The van der Waals surface area contributed by atoms with Gasteiger partial charge < -0.3 is 9.80 Å². The number of carbonyl (C=O) groups excluding carboxylic acids is 2. The number of amides is 2. The van der Waals surface area contributed by atoms with Crippen LogP contribution < -0.4 is 0 Å². The molecule has 4 nitrogen and oxygen atoms in total. The van der Waals surface area contributed by atoms with Crippen LogP contribution in [0.3, 0.4) is 0 Å². The van der Waals surface area contributed by atoms with Crippen molar-refractivity contribution in [3.63, 3.8) is 0 Å². The highest BCUT2D eigenvalue weighted by atomic mass is 79.9. The maximum Gasteiger partial charge on any atom is 0.261 e. The molecule has 2 amide bonds. The maximum absolute atomic E-state index is 14.4. The van der Waals surface area contributed by atoms with Gasteiger partial charge in [-0.15, -0.1) is 22.7 Å². The van der Waals surface area contributed by atoms with E-state index in [2.05, 4.69) is 73.4 Å². The maximum atomic E-state index is 14.4. The molecule has 0 aromatic carbocycles. The number of halogens is 2. The van der Waals surface area contributed by atoms with Crippen LogP contribution in [0.25, 0.3) is 11.4 Å². The lowest BCUT2D eigenvalue weighted by Crippen LogP contribution is -2.31. The summed E-state index contributed by atoms with van der Waals surface area (Å²) < 4.78 is 2.00. The quantitative estimate of drug-likeness (QED) is 0.172. The Morgan fingerprint density at radius 2 is 0.976 bits per heavy atom. The summed E-state index contributed by atoms with van der Waals surface area (Å²) >= 11 is 10.4. The Morgan fingerprint density at radius 1 is 0.595 bits per heavy atom. The number of nitrogens with zero attached hydrogens (tertiary/aromatic N) is 2. The highest BCUT2D eigenvalue weighted by molar-refractivity contribution is 9.11. The Labute approximate surface area is 277 Å². The van der Waals surface area contributed by atoms with Crippen molar-refractivity contribution in [3.05, 3.63) is 52.7 Å². The molecule has 4 rings (SSSR count). The van der Waals surface area contributed by atoms with Gasteiger partial charge >= 0.3 is 0 Å². The van der Waals surface area contributed by atoms with Gasteiger partial charge in [-0.25, -0.2) is 0 Å². The molecule has 0 saturated heterocycles. The molecular formula is C34H46Br2N2O2S2. The zero-order valence-corrected chi connectivity index (χ0v) is 30.8. The Balaban J connectivity index is 1.66. The van der Waals surface area contributed by atoms with Crippen molar-refractivity contribution < 1.29 is 9.59 Å². The molecule has 42 heavy (non-hydrogen) atoms. The first-order valence-corrected chi connectivity index (χ1v) is 18.8. The zero-order valence-electron chi connectivity index (χ0n) is 26.0. The Bertz CT molecular complexity index is 1220. The van der Waals surface area contributed by atoms with Gasteiger partial charge in [-0.2, -0.15) is 0 Å². The van der Waals surface area contributed by atoms with E-state index in [9.17, 15) is 9.59 Å². The third-order valence-corrected chi connectivity index (χ3v) is 11.7. The molecule has 2 aromatic heterocycles. The van der Waals surface area contributed by atoms with E-state index < -0.39 is 0 Å². The second-order valence-corrected chi connectivity index (χ2v) is 17.9.